The summed E-state index contributed by atoms with van der Waals surface area (Å²) in [7, 11) is 0. The lowest BCUT2D eigenvalue weighted by molar-refractivity contribution is 0.0696. The van der Waals surface area contributed by atoms with E-state index < -0.39 is 5.97 Å². The number of imidazole rings is 1. The Labute approximate surface area is 77.6 Å². The van der Waals surface area contributed by atoms with E-state index in [-0.39, 0.29) is 5.56 Å². The molecule has 0 aliphatic carbocycles. The van der Waals surface area contributed by atoms with Crippen molar-refractivity contribution in [2.75, 3.05) is 0 Å². The number of carboxylic acids is 1. The first-order valence-electron chi connectivity index (χ1n) is 3.40. The number of aromatic carboxylic acids is 1. The smallest absolute Gasteiger partial charge is 0.338 e. The molecule has 0 aromatic carbocycles. The van der Waals surface area contributed by atoms with E-state index in [0.717, 1.165) is 0 Å². The summed E-state index contributed by atoms with van der Waals surface area (Å²) in [4.78, 5) is 18.2. The highest BCUT2D eigenvalue weighted by atomic mass is 35.5. The normalized spacial score (nSPS) is 10.5. The van der Waals surface area contributed by atoms with E-state index in [0.29, 0.717) is 10.9 Å². The van der Waals surface area contributed by atoms with Crippen LogP contribution in [0.25, 0.3) is 5.78 Å². The van der Waals surface area contributed by atoms with E-state index in [1.165, 1.54) is 23.0 Å². The Morgan fingerprint density at radius 2 is 2.15 bits per heavy atom. The molecule has 0 atom stereocenters. The third-order valence-electron chi connectivity index (χ3n) is 1.57. The second-order valence-corrected chi connectivity index (χ2v) is 2.79. The zero-order valence-corrected chi connectivity index (χ0v) is 7.06. The van der Waals surface area contributed by atoms with Crippen LogP contribution < -0.4 is 0 Å². The van der Waals surface area contributed by atoms with Crippen molar-refractivity contribution in [3.05, 3.63) is 29.3 Å². The van der Waals surface area contributed by atoms with Crippen LogP contribution in [0.2, 0.25) is 5.15 Å². The molecule has 2 heterocycles. The molecule has 0 aliphatic heterocycles. The fourth-order valence-corrected chi connectivity index (χ4v) is 1.13. The van der Waals surface area contributed by atoms with Gasteiger partial charge in [0, 0.05) is 12.4 Å². The number of carboxylic acid groups (broad SMARTS) is 1. The topological polar surface area (TPSA) is 67.5 Å². The van der Waals surface area contributed by atoms with Gasteiger partial charge in [-0.25, -0.2) is 14.8 Å². The molecule has 6 heteroatoms. The SMILES string of the molecule is O=C(O)c1cnc2ncc(Cl)n2c1. The molecule has 0 aliphatic rings. The Balaban J connectivity index is 2.72. The van der Waals surface area contributed by atoms with Crippen LogP contribution >= 0.6 is 11.6 Å². The van der Waals surface area contributed by atoms with Gasteiger partial charge in [0.05, 0.1) is 11.8 Å². The van der Waals surface area contributed by atoms with Crippen molar-refractivity contribution in [2.24, 2.45) is 0 Å². The first kappa shape index (κ1) is 8.00. The molecule has 2 aromatic rings. The number of nitrogens with zero attached hydrogens (tertiary/aromatic N) is 3. The molecule has 0 saturated carbocycles. The number of hydrogen-bond donors (Lipinski definition) is 1. The average Bonchev–Trinajstić information content (AvgIpc) is 2.47. The fraction of sp³-hybridized carbons (Fsp3) is 0. The van der Waals surface area contributed by atoms with E-state index in [1.54, 1.807) is 0 Å². The van der Waals surface area contributed by atoms with Gasteiger partial charge < -0.3 is 5.11 Å². The Bertz CT molecular complexity index is 480. The molecule has 0 fully saturated rings. The number of halogens is 1. The summed E-state index contributed by atoms with van der Waals surface area (Å²) in [5.41, 5.74) is 0.0763. The molecule has 0 unspecified atom stereocenters. The molecule has 0 bridgehead atoms. The standard InChI is InChI=1S/C7H4ClN3O2/c8-5-2-10-7-9-1-4(6(12)13)3-11(5)7/h1-3H,(H,12,13). The molecule has 1 N–H and O–H groups in total. The second kappa shape index (κ2) is 2.70. The number of hydrogen-bond acceptors (Lipinski definition) is 3. The molecule has 66 valence electrons. The third-order valence-corrected chi connectivity index (χ3v) is 1.85. The molecule has 0 amide bonds. The Kier molecular flexibility index (Phi) is 1.66. The molecular formula is C7H4ClN3O2. The number of rotatable bonds is 1. The van der Waals surface area contributed by atoms with Crippen LogP contribution in [0.4, 0.5) is 0 Å². The van der Waals surface area contributed by atoms with Gasteiger partial charge in [0.15, 0.2) is 0 Å². The van der Waals surface area contributed by atoms with Crippen molar-refractivity contribution in [1.82, 2.24) is 14.4 Å². The zero-order chi connectivity index (χ0) is 9.42. The van der Waals surface area contributed by atoms with Crippen LogP contribution in [0.5, 0.6) is 0 Å². The summed E-state index contributed by atoms with van der Waals surface area (Å²) >= 11 is 5.72. The number of fused-ring (bicyclic) bond motifs is 1. The summed E-state index contributed by atoms with van der Waals surface area (Å²) < 4.78 is 1.41. The van der Waals surface area contributed by atoms with Crippen molar-refractivity contribution in [3.8, 4) is 0 Å². The minimum Gasteiger partial charge on any atom is -0.478 e. The predicted octanol–water partition coefficient (Wildman–Crippen LogP) is 1.08. The highest BCUT2D eigenvalue weighted by Crippen LogP contribution is 2.10. The Hall–Kier alpha value is -1.62. The Morgan fingerprint density at radius 3 is 2.85 bits per heavy atom. The fourth-order valence-electron chi connectivity index (χ4n) is 0.956. The lowest BCUT2D eigenvalue weighted by Crippen LogP contribution is -2.00. The summed E-state index contributed by atoms with van der Waals surface area (Å²) in [6.45, 7) is 0. The van der Waals surface area contributed by atoms with E-state index in [4.69, 9.17) is 16.7 Å². The summed E-state index contributed by atoms with van der Waals surface area (Å²) in [5.74, 6) is -0.658. The van der Waals surface area contributed by atoms with Gasteiger partial charge in [-0.3, -0.25) is 4.40 Å². The maximum absolute atomic E-state index is 10.6. The lowest BCUT2D eigenvalue weighted by atomic mass is 10.3. The highest BCUT2D eigenvalue weighted by Gasteiger charge is 2.07. The minimum atomic E-state index is -1.04. The van der Waals surface area contributed by atoms with Crippen molar-refractivity contribution in [3.63, 3.8) is 0 Å². The first-order valence-corrected chi connectivity index (χ1v) is 3.78. The highest BCUT2D eigenvalue weighted by molar-refractivity contribution is 6.29. The summed E-state index contributed by atoms with van der Waals surface area (Å²) in [6, 6.07) is 0. The van der Waals surface area contributed by atoms with Crippen molar-refractivity contribution >= 4 is 23.3 Å². The van der Waals surface area contributed by atoms with Gasteiger partial charge in [-0.1, -0.05) is 11.6 Å². The number of aromatic nitrogens is 3. The van der Waals surface area contributed by atoms with Crippen LogP contribution in [0.1, 0.15) is 10.4 Å². The van der Waals surface area contributed by atoms with Crippen LogP contribution in [-0.2, 0) is 0 Å². The molecule has 2 aromatic heterocycles. The number of carbonyl (C=O) groups is 1. The molecule has 13 heavy (non-hydrogen) atoms. The molecule has 0 saturated heterocycles. The molecule has 0 radical (unpaired) electrons. The van der Waals surface area contributed by atoms with Crippen LogP contribution in [0.15, 0.2) is 18.6 Å². The molecular weight excluding hydrogens is 194 g/mol. The average molecular weight is 198 g/mol. The van der Waals surface area contributed by atoms with Gasteiger partial charge in [0.2, 0.25) is 5.78 Å². The largest absolute Gasteiger partial charge is 0.478 e. The maximum Gasteiger partial charge on any atom is 0.338 e. The minimum absolute atomic E-state index is 0.0763. The Morgan fingerprint density at radius 1 is 1.46 bits per heavy atom. The van der Waals surface area contributed by atoms with Crippen molar-refractivity contribution < 1.29 is 9.90 Å². The molecule has 5 nitrogen and oxygen atoms in total. The second-order valence-electron chi connectivity index (χ2n) is 2.40. The summed E-state index contributed by atoms with van der Waals surface area (Å²) in [6.07, 6.45) is 4.02. The third kappa shape index (κ3) is 1.23. The lowest BCUT2D eigenvalue weighted by Gasteiger charge is -1.95. The van der Waals surface area contributed by atoms with Crippen molar-refractivity contribution in [1.29, 1.82) is 0 Å². The van der Waals surface area contributed by atoms with Crippen LogP contribution in [-0.4, -0.2) is 25.4 Å². The van der Waals surface area contributed by atoms with Gasteiger partial charge in [0.25, 0.3) is 0 Å². The first-order chi connectivity index (χ1) is 6.18. The van der Waals surface area contributed by atoms with Gasteiger partial charge >= 0.3 is 5.97 Å². The zero-order valence-electron chi connectivity index (χ0n) is 6.31. The summed E-state index contributed by atoms with van der Waals surface area (Å²) in [5, 5.41) is 8.99. The van der Waals surface area contributed by atoms with E-state index in [2.05, 4.69) is 9.97 Å². The van der Waals surface area contributed by atoms with Crippen LogP contribution in [0.3, 0.4) is 0 Å². The predicted molar refractivity (Wildman–Crippen MR) is 45.0 cm³/mol. The maximum atomic E-state index is 10.6. The van der Waals surface area contributed by atoms with Gasteiger partial charge in [-0.2, -0.15) is 0 Å². The van der Waals surface area contributed by atoms with Gasteiger partial charge in [0.1, 0.15) is 5.15 Å². The van der Waals surface area contributed by atoms with Crippen LogP contribution in [0, 0.1) is 0 Å². The molecule has 0 spiro atoms. The van der Waals surface area contributed by atoms with Gasteiger partial charge in [-0.15, -0.1) is 0 Å². The van der Waals surface area contributed by atoms with E-state index in [9.17, 15) is 4.79 Å². The quantitative estimate of drug-likeness (QED) is 0.743. The monoisotopic (exact) mass is 197 g/mol. The van der Waals surface area contributed by atoms with E-state index in [1.807, 2.05) is 0 Å². The van der Waals surface area contributed by atoms with Crippen molar-refractivity contribution in [2.45, 2.75) is 0 Å². The van der Waals surface area contributed by atoms with Gasteiger partial charge in [-0.05, 0) is 0 Å². The van der Waals surface area contributed by atoms with E-state index >= 15 is 0 Å². The molecule has 2 rings (SSSR count).